The van der Waals surface area contributed by atoms with E-state index in [1.165, 1.54) is 6.07 Å². The summed E-state index contributed by atoms with van der Waals surface area (Å²) in [5.41, 5.74) is 8.58. The number of aliphatic hydroxyl groups is 1. The smallest absolute Gasteiger partial charge is 0.127 e. The maximum absolute atomic E-state index is 14.8. The molecule has 2 heterocycles. The van der Waals surface area contributed by atoms with Crippen molar-refractivity contribution in [1.82, 2.24) is 14.7 Å². The molecule has 8 heteroatoms. The van der Waals surface area contributed by atoms with Crippen LogP contribution >= 0.6 is 0 Å². The topological polar surface area (TPSA) is 79.2 Å². The van der Waals surface area contributed by atoms with Crippen LogP contribution in [0.15, 0.2) is 12.1 Å². The molecule has 6 nitrogen and oxygen atoms in total. The van der Waals surface area contributed by atoms with Crippen LogP contribution in [-0.4, -0.2) is 58.6 Å². The number of nitrogens with one attached hydrogen (secondary N) is 1. The maximum Gasteiger partial charge on any atom is 0.127 e. The molecule has 0 saturated carbocycles. The molecule has 1 aliphatic rings. The Hall–Kier alpha value is -0.596. The first-order chi connectivity index (χ1) is 14.0. The van der Waals surface area contributed by atoms with Gasteiger partial charge in [0, 0.05) is 63.1 Å². The molecule has 1 aromatic heterocycles. The molecule has 169 valence electrons. The number of aryl methyl sites for hydroxylation is 1. The Balaban J connectivity index is 0.00000159. The number of piperidine rings is 1. The number of fused-ring (bicyclic) bond motifs is 1. The van der Waals surface area contributed by atoms with E-state index in [0.29, 0.717) is 42.8 Å². The summed E-state index contributed by atoms with van der Waals surface area (Å²) in [5.74, 6) is 0.0370. The molecular weight excluding hydrogens is 458 g/mol. The Morgan fingerprint density at radius 2 is 1.93 bits per heavy atom. The normalized spacial score (nSPS) is 18.6. The van der Waals surface area contributed by atoms with Gasteiger partial charge < -0.3 is 30.8 Å². The van der Waals surface area contributed by atoms with E-state index in [2.05, 4.69) is 22.2 Å². The SMILES string of the molecule is CC.CC.CCN1CCC(c2cc3c(cc2F)c([N-]CCC[NH-])nn3C)C(O)C1.[Y]. The van der Waals surface area contributed by atoms with Gasteiger partial charge in [-0.1, -0.05) is 47.6 Å². The van der Waals surface area contributed by atoms with Gasteiger partial charge in [0.05, 0.1) is 6.10 Å². The van der Waals surface area contributed by atoms with Crippen molar-refractivity contribution in [3.63, 3.8) is 0 Å². The average Bonchev–Trinajstić information content (AvgIpc) is 3.05. The summed E-state index contributed by atoms with van der Waals surface area (Å²) in [6, 6.07) is 3.31. The van der Waals surface area contributed by atoms with Crippen molar-refractivity contribution < 1.29 is 42.2 Å². The summed E-state index contributed by atoms with van der Waals surface area (Å²) in [6.07, 6.45) is 0.853. The molecule has 30 heavy (non-hydrogen) atoms. The minimum absolute atomic E-state index is 0. The standard InChI is InChI=1S/C18H26FN5O.2C2H6.Y/c1-3-24-8-5-12(17(25)11-24)13-10-16-14(9-15(13)19)18(22-23(16)2)21-7-4-6-20;2*1-2;/h9-10,12,17,20,25H,3-8,11H2,1-2H3;2*1-2H3;/q-2;;;. The van der Waals surface area contributed by atoms with Crippen LogP contribution in [0.5, 0.6) is 0 Å². The van der Waals surface area contributed by atoms with Gasteiger partial charge in [0.2, 0.25) is 0 Å². The van der Waals surface area contributed by atoms with Gasteiger partial charge >= 0.3 is 0 Å². The number of hydrogen-bond donors (Lipinski definition) is 1. The van der Waals surface area contributed by atoms with Gasteiger partial charge in [-0.3, -0.25) is 0 Å². The Morgan fingerprint density at radius 3 is 2.50 bits per heavy atom. The van der Waals surface area contributed by atoms with E-state index in [9.17, 15) is 9.50 Å². The summed E-state index contributed by atoms with van der Waals surface area (Å²) < 4.78 is 16.5. The quantitative estimate of drug-likeness (QED) is 0.546. The monoisotopic (exact) mass is 496 g/mol. The molecular formula is C22H38FN5OY-2. The van der Waals surface area contributed by atoms with Crippen LogP contribution in [0.4, 0.5) is 10.2 Å². The molecule has 0 aliphatic carbocycles. The molecule has 2 atom stereocenters. The molecule has 1 radical (unpaired) electrons. The number of benzene rings is 1. The van der Waals surface area contributed by atoms with E-state index < -0.39 is 6.10 Å². The molecule has 2 N–H and O–H groups in total. The third-order valence-electron chi connectivity index (χ3n) is 5.06. The molecule has 1 aliphatic heterocycles. The van der Waals surface area contributed by atoms with Gasteiger partial charge in [-0.05, 0) is 43.0 Å². The van der Waals surface area contributed by atoms with Crippen molar-refractivity contribution in [1.29, 1.82) is 0 Å². The fourth-order valence-corrected chi connectivity index (χ4v) is 3.59. The van der Waals surface area contributed by atoms with Crippen LogP contribution in [0.1, 0.15) is 58.9 Å². The van der Waals surface area contributed by atoms with E-state index >= 15 is 0 Å². The second-order valence-corrected chi connectivity index (χ2v) is 6.68. The Kier molecular flexibility index (Phi) is 14.9. The zero-order chi connectivity index (χ0) is 22.0. The fraction of sp³-hybridized carbons (Fsp3) is 0.682. The number of aromatic nitrogens is 2. The second kappa shape index (κ2) is 15.2. The minimum atomic E-state index is -0.560. The number of hydrogen-bond acceptors (Lipinski definition) is 3. The molecule has 0 spiro atoms. The number of aliphatic hydroxyl groups excluding tert-OH is 1. The third kappa shape index (κ3) is 7.23. The predicted octanol–water partition coefficient (Wildman–Crippen LogP) is 5.38. The van der Waals surface area contributed by atoms with Crippen LogP contribution in [0.2, 0.25) is 0 Å². The van der Waals surface area contributed by atoms with Crippen LogP contribution in [0.25, 0.3) is 22.0 Å². The largest absolute Gasteiger partial charge is 0.677 e. The zero-order valence-electron chi connectivity index (χ0n) is 19.5. The molecule has 1 saturated heterocycles. The molecule has 0 amide bonds. The summed E-state index contributed by atoms with van der Waals surface area (Å²) >= 11 is 0. The van der Waals surface area contributed by atoms with E-state index in [0.717, 1.165) is 25.0 Å². The van der Waals surface area contributed by atoms with Gasteiger partial charge in [0.1, 0.15) is 5.82 Å². The summed E-state index contributed by atoms with van der Waals surface area (Å²) in [7, 11) is 1.82. The number of halogens is 1. The first-order valence-electron chi connectivity index (χ1n) is 10.9. The van der Waals surface area contributed by atoms with E-state index in [4.69, 9.17) is 5.73 Å². The molecule has 3 rings (SSSR count). The number of rotatable bonds is 6. The number of likely N-dealkylation sites (N-methyl/N-ethyl adjacent to an activating group) is 1. The fourth-order valence-electron chi connectivity index (χ4n) is 3.59. The number of likely N-dealkylation sites (tertiary alicyclic amines) is 1. The first kappa shape index (κ1) is 29.4. The Morgan fingerprint density at radius 1 is 1.27 bits per heavy atom. The van der Waals surface area contributed by atoms with Crippen LogP contribution < -0.4 is 0 Å². The van der Waals surface area contributed by atoms with Crippen molar-refractivity contribution in [3.05, 3.63) is 34.6 Å². The number of β-amino-alcohol motifs (C(OH)–C–C–N with tert-alkyl or cyclic N) is 1. The van der Waals surface area contributed by atoms with Crippen molar-refractivity contribution in [3.8, 4) is 0 Å². The van der Waals surface area contributed by atoms with Crippen LogP contribution in [0.3, 0.4) is 0 Å². The zero-order valence-corrected chi connectivity index (χ0v) is 22.3. The van der Waals surface area contributed by atoms with Crippen molar-refractivity contribution in [2.24, 2.45) is 7.05 Å². The average molecular weight is 496 g/mol. The van der Waals surface area contributed by atoms with Crippen LogP contribution in [-0.2, 0) is 39.8 Å². The Labute approximate surface area is 206 Å². The van der Waals surface area contributed by atoms with Gasteiger partial charge in [-0.15, -0.1) is 0 Å². The summed E-state index contributed by atoms with van der Waals surface area (Å²) in [5, 5.41) is 19.9. The summed E-state index contributed by atoms with van der Waals surface area (Å²) in [4.78, 5) is 2.19. The van der Waals surface area contributed by atoms with Crippen molar-refractivity contribution in [2.45, 2.75) is 59.5 Å². The van der Waals surface area contributed by atoms with Gasteiger partial charge in [-0.2, -0.15) is 6.54 Å². The molecule has 2 aromatic rings. The van der Waals surface area contributed by atoms with Crippen LogP contribution in [0, 0.1) is 5.82 Å². The van der Waals surface area contributed by atoms with E-state index in [-0.39, 0.29) is 44.4 Å². The van der Waals surface area contributed by atoms with Crippen molar-refractivity contribution in [2.75, 3.05) is 32.7 Å². The van der Waals surface area contributed by atoms with E-state index in [1.54, 1.807) is 4.68 Å². The molecule has 0 bridgehead atoms. The van der Waals surface area contributed by atoms with Gasteiger partial charge in [-0.25, -0.2) is 4.39 Å². The van der Waals surface area contributed by atoms with Gasteiger partial charge in [0.25, 0.3) is 0 Å². The van der Waals surface area contributed by atoms with Crippen molar-refractivity contribution >= 4 is 16.7 Å². The Bertz CT molecular complexity index is 740. The molecule has 1 fully saturated rings. The molecule has 1 aromatic carbocycles. The minimum Gasteiger partial charge on any atom is -0.677 e. The maximum atomic E-state index is 14.8. The third-order valence-corrected chi connectivity index (χ3v) is 5.06. The predicted molar refractivity (Wildman–Crippen MR) is 121 cm³/mol. The van der Waals surface area contributed by atoms with E-state index in [1.807, 2.05) is 40.8 Å². The summed E-state index contributed by atoms with van der Waals surface area (Å²) in [6.45, 7) is 13.3. The second-order valence-electron chi connectivity index (χ2n) is 6.68. The number of nitrogens with zero attached hydrogens (tertiary/aromatic N) is 4. The van der Waals surface area contributed by atoms with Gasteiger partial charge in [0.15, 0.2) is 0 Å². The first-order valence-corrected chi connectivity index (χ1v) is 10.9. The molecule has 2 unspecified atom stereocenters.